The van der Waals surface area contributed by atoms with Crippen LogP contribution in [0.25, 0.3) is 20.9 Å². The van der Waals surface area contributed by atoms with Gasteiger partial charge >= 0.3 is 29.8 Å². The molecule has 0 amide bonds. The van der Waals surface area contributed by atoms with Gasteiger partial charge in [-0.1, -0.05) is 26.2 Å². The molecule has 4 fully saturated rings. The summed E-state index contributed by atoms with van der Waals surface area (Å²) in [5.74, 6) is -1.24. The zero-order valence-electron chi connectivity index (χ0n) is 39.4. The highest BCUT2D eigenvalue weighted by molar-refractivity contribution is 9.09. The van der Waals surface area contributed by atoms with Gasteiger partial charge in [0.25, 0.3) is 0 Å². The van der Waals surface area contributed by atoms with Crippen molar-refractivity contribution >= 4 is 45.8 Å². The van der Waals surface area contributed by atoms with E-state index in [1.54, 1.807) is 0 Å². The molecule has 4 saturated heterocycles. The molecule has 4 aliphatic heterocycles. The Balaban J connectivity index is -0.000000331. The Labute approximate surface area is 386 Å². The monoisotopic (exact) mass is 990 g/mol. The Morgan fingerprint density at radius 3 is 0.953 bits per heavy atom. The molecule has 4 heterocycles. The number of ether oxygens (including phenoxy) is 12. The molecule has 0 bridgehead atoms. The lowest BCUT2D eigenvalue weighted by molar-refractivity contribution is -0.184. The third kappa shape index (κ3) is 60.3. The summed E-state index contributed by atoms with van der Waals surface area (Å²) in [5.41, 5.74) is 15.9. The lowest BCUT2D eigenvalue weighted by atomic mass is 10.2. The molecule has 0 saturated carbocycles. The summed E-state index contributed by atoms with van der Waals surface area (Å²) in [6, 6.07) is 0. The minimum Gasteiger partial charge on any atom is -0.469 e. The van der Waals surface area contributed by atoms with E-state index < -0.39 is 0 Å². The van der Waals surface area contributed by atoms with Gasteiger partial charge in [0, 0.05) is 89.1 Å². The molecule has 24 heteroatoms. The maximum Gasteiger partial charge on any atom is 0.304 e. The van der Waals surface area contributed by atoms with Crippen LogP contribution in [0.5, 0.6) is 0 Å². The van der Waals surface area contributed by atoms with E-state index >= 15 is 0 Å². The topological polar surface area (TPSA) is 294 Å². The first-order chi connectivity index (χ1) is 30.7. The highest BCUT2D eigenvalue weighted by atomic mass is 79.9. The standard InChI is InChI=1S/C7H13BrO2.2C7H13N3O2.C7H12O3.4C3H6O2/c8-4-6-10-7-3-1-2-5-9-7;2*8-10-9-4-6-12-7-3-1-2-5-11-7;1-6(8)10-7-4-2-3-5-9-7;4*1-3(4)5-2/h7H,1-6H2;2*7H,1-6H2;7H,2-5H2,1H3;4*1-2H3/t;;;7-;;;;/m...1..../s1. The van der Waals surface area contributed by atoms with Gasteiger partial charge in [0.15, 0.2) is 18.9 Å². The van der Waals surface area contributed by atoms with Crippen molar-refractivity contribution < 1.29 is 80.8 Å². The van der Waals surface area contributed by atoms with Crippen LogP contribution in [0.1, 0.15) is 112 Å². The first-order valence-electron chi connectivity index (χ1n) is 20.9. The first kappa shape index (κ1) is 66.8. The molecule has 0 N–H and O–H groups in total. The van der Waals surface area contributed by atoms with Gasteiger partial charge in [0.1, 0.15) is 0 Å². The number of nitrogens with zero attached hydrogens (tertiary/aromatic N) is 6. The summed E-state index contributed by atoms with van der Waals surface area (Å²) in [5, 5.41) is 7.61. The van der Waals surface area contributed by atoms with E-state index in [9.17, 15) is 24.0 Å². The maximum atomic E-state index is 10.4. The molecule has 0 aliphatic carbocycles. The van der Waals surface area contributed by atoms with Crippen LogP contribution in [0.2, 0.25) is 0 Å². The summed E-state index contributed by atoms with van der Waals surface area (Å²) in [4.78, 5) is 54.0. The summed E-state index contributed by atoms with van der Waals surface area (Å²) in [7, 11) is 5.40. The number of hydrogen-bond acceptors (Lipinski definition) is 19. The van der Waals surface area contributed by atoms with Gasteiger partial charge in [-0.3, -0.25) is 24.0 Å². The van der Waals surface area contributed by atoms with Crippen LogP contribution < -0.4 is 0 Å². The molecule has 3 unspecified atom stereocenters. The second-order valence-electron chi connectivity index (χ2n) is 12.8. The largest absolute Gasteiger partial charge is 0.469 e. The highest BCUT2D eigenvalue weighted by Crippen LogP contribution is 2.15. The van der Waals surface area contributed by atoms with Crippen molar-refractivity contribution in [2.24, 2.45) is 10.2 Å². The van der Waals surface area contributed by atoms with Crippen molar-refractivity contribution in [2.75, 3.05) is 93.1 Å². The molecule has 0 aromatic carbocycles. The van der Waals surface area contributed by atoms with E-state index in [0.29, 0.717) is 26.3 Å². The van der Waals surface area contributed by atoms with Gasteiger partial charge in [-0.15, -0.1) is 0 Å². The Bertz CT molecular complexity index is 1130. The number of carbonyl (C=O) groups is 5. The quantitative estimate of drug-likeness (QED) is 0.0350. The number of rotatable bonds is 12. The van der Waals surface area contributed by atoms with Crippen LogP contribution in [0.15, 0.2) is 10.2 Å². The predicted molar refractivity (Wildman–Crippen MR) is 237 cm³/mol. The lowest BCUT2D eigenvalue weighted by Gasteiger charge is -2.22. The minimum atomic E-state index is -0.272. The normalized spacial score (nSPS) is 19.0. The number of methoxy groups -OCH3 is 4. The number of azide groups is 2. The number of halogens is 1. The van der Waals surface area contributed by atoms with E-state index in [0.717, 1.165) is 103 Å². The Kier molecular flexibility index (Phi) is 55.8. The van der Waals surface area contributed by atoms with E-state index in [1.165, 1.54) is 75.9 Å². The van der Waals surface area contributed by atoms with Crippen molar-refractivity contribution in [1.29, 1.82) is 0 Å². The fourth-order valence-corrected chi connectivity index (χ4v) is 4.42. The van der Waals surface area contributed by atoms with E-state index in [4.69, 9.17) is 49.0 Å². The van der Waals surface area contributed by atoms with Crippen LogP contribution in [0.3, 0.4) is 0 Å². The van der Waals surface area contributed by atoms with Crippen LogP contribution in [-0.4, -0.2) is 148 Å². The van der Waals surface area contributed by atoms with Gasteiger partial charge in [0.2, 0.25) is 6.29 Å². The first-order valence-corrected chi connectivity index (χ1v) is 22.0. The molecule has 374 valence electrons. The third-order valence-electron chi connectivity index (χ3n) is 7.50. The molecule has 4 rings (SSSR count). The number of esters is 5. The lowest BCUT2D eigenvalue weighted by Crippen LogP contribution is -2.24. The second kappa shape index (κ2) is 53.5. The Hall–Kier alpha value is -3.83. The van der Waals surface area contributed by atoms with Gasteiger partial charge in [-0.25, -0.2) is 0 Å². The van der Waals surface area contributed by atoms with Gasteiger partial charge in [-0.2, -0.15) is 0 Å². The average molecular weight is 992 g/mol. The minimum absolute atomic E-state index is 0.0753. The zero-order chi connectivity index (χ0) is 49.1. The predicted octanol–water partition coefficient (Wildman–Crippen LogP) is 7.40. The molecular weight excluding hydrogens is 916 g/mol. The number of hydrogen-bond donors (Lipinski definition) is 0. The third-order valence-corrected chi connectivity index (χ3v) is 7.82. The Morgan fingerprint density at radius 1 is 0.484 bits per heavy atom. The van der Waals surface area contributed by atoms with Gasteiger partial charge < -0.3 is 56.8 Å². The summed E-state index contributed by atoms with van der Waals surface area (Å²) in [6.07, 6.45) is 12.6. The average Bonchev–Trinajstić information content (AvgIpc) is 3.31. The van der Waals surface area contributed by atoms with E-state index in [-0.39, 0.29) is 55.0 Å². The summed E-state index contributed by atoms with van der Waals surface area (Å²) < 4.78 is 58.3. The number of carbonyl (C=O) groups excluding carboxylic acids is 5. The highest BCUT2D eigenvalue weighted by Gasteiger charge is 2.16. The van der Waals surface area contributed by atoms with Crippen molar-refractivity contribution in [3.8, 4) is 0 Å². The molecule has 0 radical (unpaired) electrons. The molecule has 4 atom stereocenters. The van der Waals surface area contributed by atoms with Crippen LogP contribution in [0.4, 0.5) is 0 Å². The van der Waals surface area contributed by atoms with Crippen molar-refractivity contribution in [3.63, 3.8) is 0 Å². The Morgan fingerprint density at radius 2 is 0.750 bits per heavy atom. The molecule has 64 heavy (non-hydrogen) atoms. The van der Waals surface area contributed by atoms with E-state index in [2.05, 4.69) is 54.9 Å². The summed E-state index contributed by atoms with van der Waals surface area (Å²) in [6.45, 7) is 12.4. The molecule has 0 aromatic rings. The van der Waals surface area contributed by atoms with Crippen LogP contribution in [0, 0.1) is 0 Å². The van der Waals surface area contributed by atoms with Crippen molar-refractivity contribution in [2.45, 2.75) is 137 Å². The zero-order valence-corrected chi connectivity index (χ0v) is 41.0. The summed E-state index contributed by atoms with van der Waals surface area (Å²) >= 11 is 3.30. The fourth-order valence-electron chi connectivity index (χ4n) is 4.23. The second-order valence-corrected chi connectivity index (χ2v) is 13.6. The molecule has 23 nitrogen and oxygen atoms in total. The van der Waals surface area contributed by atoms with Crippen LogP contribution in [-0.2, 0) is 80.8 Å². The maximum absolute atomic E-state index is 10.4. The SMILES string of the molecule is BrCCOC1CCCCO1.CC(=O)O[C@@H]1CCCCO1.COC(C)=O.COC(C)=O.COC(C)=O.COC(C)=O.[N-]=[N+]=NCCOC1CCCCO1.[N-]=[N+]=NCCOC1CCCCO1. The van der Waals surface area contributed by atoms with Crippen molar-refractivity contribution in [3.05, 3.63) is 20.9 Å². The van der Waals surface area contributed by atoms with Gasteiger partial charge in [-0.05, 0) is 81.7 Å². The molecule has 0 aromatic heterocycles. The van der Waals surface area contributed by atoms with Crippen molar-refractivity contribution in [1.82, 2.24) is 0 Å². The molecular formula is C40H75BrN6O17. The molecule has 4 aliphatic rings. The van der Waals surface area contributed by atoms with Gasteiger partial charge in [0.05, 0.1) is 54.9 Å². The smallest absolute Gasteiger partial charge is 0.304 e. The number of alkyl halides is 1. The fraction of sp³-hybridized carbons (Fsp3) is 0.875. The van der Waals surface area contributed by atoms with E-state index in [1.807, 2.05) is 0 Å². The van der Waals surface area contributed by atoms with Crippen LogP contribution >= 0.6 is 15.9 Å². The molecule has 0 spiro atoms.